The maximum atomic E-state index is 12.7. The number of hydrogen-bond donors (Lipinski definition) is 1. The predicted octanol–water partition coefficient (Wildman–Crippen LogP) is 2.63. The Morgan fingerprint density at radius 1 is 1.12 bits per heavy atom. The molecule has 0 spiro atoms. The zero-order valence-corrected chi connectivity index (χ0v) is 14.8. The lowest BCUT2D eigenvalue weighted by Gasteiger charge is -2.20. The highest BCUT2D eigenvalue weighted by Gasteiger charge is 2.22. The van der Waals surface area contributed by atoms with Crippen molar-refractivity contribution in [2.75, 3.05) is 20.6 Å². The molecule has 0 atom stereocenters. The van der Waals surface area contributed by atoms with Crippen molar-refractivity contribution in [3.05, 3.63) is 29.9 Å². The summed E-state index contributed by atoms with van der Waals surface area (Å²) in [7, 11) is 4.08. The minimum Gasteiger partial charge on any atom is -0.309 e. The number of aromatic nitrogens is 2. The Hall–Kier alpha value is -1.88. The first-order valence-electron chi connectivity index (χ1n) is 8.98. The second-order valence-corrected chi connectivity index (χ2v) is 7.15. The van der Waals surface area contributed by atoms with Crippen molar-refractivity contribution < 1.29 is 4.79 Å². The van der Waals surface area contributed by atoms with Crippen LogP contribution in [0.5, 0.6) is 0 Å². The van der Waals surface area contributed by atoms with Crippen LogP contribution in [0.4, 0.5) is 0 Å². The Kier molecular flexibility index (Phi) is 5.19. The Labute approximate surface area is 143 Å². The smallest absolute Gasteiger partial charge is 0.203 e. The Morgan fingerprint density at radius 3 is 2.38 bits per heavy atom. The predicted molar refractivity (Wildman–Crippen MR) is 95.9 cm³/mol. The van der Waals surface area contributed by atoms with Gasteiger partial charge in [-0.05, 0) is 39.1 Å². The van der Waals surface area contributed by atoms with Gasteiger partial charge in [-0.2, -0.15) is 0 Å². The minimum absolute atomic E-state index is 0.189. The molecule has 5 nitrogen and oxygen atoms in total. The highest BCUT2D eigenvalue weighted by molar-refractivity contribution is 5.83. The molecule has 0 amide bonds. The molecule has 0 unspecified atom stereocenters. The van der Waals surface area contributed by atoms with E-state index in [2.05, 4.69) is 4.90 Å². The van der Waals surface area contributed by atoms with Crippen molar-refractivity contribution in [3.8, 4) is 0 Å². The minimum atomic E-state index is 0.189. The zero-order chi connectivity index (χ0) is 17.1. The van der Waals surface area contributed by atoms with Crippen molar-refractivity contribution in [1.29, 1.82) is 5.41 Å². The van der Waals surface area contributed by atoms with Gasteiger partial charge in [0.05, 0.1) is 17.6 Å². The summed E-state index contributed by atoms with van der Waals surface area (Å²) >= 11 is 0. The molecule has 1 fully saturated rings. The van der Waals surface area contributed by atoms with Crippen LogP contribution in [0.1, 0.15) is 32.1 Å². The van der Waals surface area contributed by atoms with Gasteiger partial charge in [-0.3, -0.25) is 10.2 Å². The Balaban J connectivity index is 1.91. The molecule has 3 rings (SSSR count). The van der Waals surface area contributed by atoms with Gasteiger partial charge in [0.2, 0.25) is 5.62 Å². The molecule has 0 saturated heterocycles. The number of hydrogen-bond acceptors (Lipinski definition) is 3. The zero-order valence-electron chi connectivity index (χ0n) is 14.8. The fraction of sp³-hybridized carbons (Fsp3) is 0.579. The monoisotopic (exact) mass is 328 g/mol. The van der Waals surface area contributed by atoms with E-state index in [4.69, 9.17) is 5.41 Å². The number of para-hydroxylation sites is 2. The Morgan fingerprint density at radius 2 is 1.75 bits per heavy atom. The molecule has 1 N–H and O–H groups in total. The Bertz CT molecular complexity index is 765. The van der Waals surface area contributed by atoms with Crippen LogP contribution in [0, 0.1) is 11.3 Å². The summed E-state index contributed by atoms with van der Waals surface area (Å²) in [6, 6.07) is 8.05. The van der Waals surface area contributed by atoms with Crippen LogP contribution in [0.15, 0.2) is 24.3 Å². The SMILES string of the molecule is CN(C)CCn1c(=N)n(CC(=O)C2CCCCC2)c2ccccc21. The lowest BCUT2D eigenvalue weighted by atomic mass is 9.86. The van der Waals surface area contributed by atoms with Gasteiger partial charge in [-0.1, -0.05) is 31.4 Å². The second-order valence-electron chi connectivity index (χ2n) is 7.15. The van der Waals surface area contributed by atoms with Gasteiger partial charge in [0.15, 0.2) is 5.78 Å². The normalized spacial score (nSPS) is 16.1. The van der Waals surface area contributed by atoms with Crippen LogP contribution in [-0.4, -0.2) is 40.5 Å². The molecule has 1 saturated carbocycles. The van der Waals surface area contributed by atoms with Gasteiger partial charge in [0.25, 0.3) is 0 Å². The average Bonchev–Trinajstić information content (AvgIpc) is 2.86. The first-order valence-corrected chi connectivity index (χ1v) is 8.98. The van der Waals surface area contributed by atoms with E-state index < -0.39 is 0 Å². The molecule has 24 heavy (non-hydrogen) atoms. The topological polar surface area (TPSA) is 54.0 Å². The highest BCUT2D eigenvalue weighted by atomic mass is 16.1. The van der Waals surface area contributed by atoms with Gasteiger partial charge < -0.3 is 14.0 Å². The largest absolute Gasteiger partial charge is 0.309 e. The summed E-state index contributed by atoms with van der Waals surface area (Å²) in [6.07, 6.45) is 5.63. The number of carbonyl (C=O) groups is 1. The molecule has 1 heterocycles. The lowest BCUT2D eigenvalue weighted by molar-refractivity contribution is -0.124. The average molecular weight is 328 g/mol. The van der Waals surface area contributed by atoms with E-state index in [0.29, 0.717) is 17.9 Å². The van der Waals surface area contributed by atoms with Crippen LogP contribution in [-0.2, 0) is 17.9 Å². The molecule has 1 aromatic heterocycles. The van der Waals surface area contributed by atoms with Crippen molar-refractivity contribution >= 4 is 16.8 Å². The molecular formula is C19H28N4O. The number of imidazole rings is 1. The van der Waals surface area contributed by atoms with Crippen molar-refractivity contribution in [2.24, 2.45) is 5.92 Å². The van der Waals surface area contributed by atoms with Crippen LogP contribution < -0.4 is 5.62 Å². The summed E-state index contributed by atoms with van der Waals surface area (Å²) in [4.78, 5) is 14.8. The van der Waals surface area contributed by atoms with Crippen LogP contribution in [0.25, 0.3) is 11.0 Å². The highest BCUT2D eigenvalue weighted by Crippen LogP contribution is 2.25. The van der Waals surface area contributed by atoms with Gasteiger partial charge in [0, 0.05) is 19.0 Å². The first kappa shape index (κ1) is 17.0. The quantitative estimate of drug-likeness (QED) is 0.886. The summed E-state index contributed by atoms with van der Waals surface area (Å²) in [5.41, 5.74) is 2.47. The third-order valence-corrected chi connectivity index (χ3v) is 5.12. The molecule has 0 bridgehead atoms. The molecule has 5 heteroatoms. The summed E-state index contributed by atoms with van der Waals surface area (Å²) < 4.78 is 3.91. The summed E-state index contributed by atoms with van der Waals surface area (Å²) in [6.45, 7) is 1.97. The van der Waals surface area contributed by atoms with E-state index in [-0.39, 0.29) is 5.92 Å². The van der Waals surface area contributed by atoms with Gasteiger partial charge in [-0.25, -0.2) is 0 Å². The second kappa shape index (κ2) is 7.34. The maximum Gasteiger partial charge on any atom is 0.203 e. The molecule has 1 aliphatic carbocycles. The van der Waals surface area contributed by atoms with Crippen LogP contribution in [0.3, 0.4) is 0 Å². The van der Waals surface area contributed by atoms with Crippen LogP contribution >= 0.6 is 0 Å². The van der Waals surface area contributed by atoms with E-state index >= 15 is 0 Å². The van der Waals surface area contributed by atoms with E-state index in [0.717, 1.165) is 37.0 Å². The number of benzene rings is 1. The van der Waals surface area contributed by atoms with Crippen molar-refractivity contribution in [3.63, 3.8) is 0 Å². The van der Waals surface area contributed by atoms with Crippen LogP contribution in [0.2, 0.25) is 0 Å². The molecule has 0 radical (unpaired) electrons. The summed E-state index contributed by atoms with van der Waals surface area (Å²) in [5, 5.41) is 8.58. The number of fused-ring (bicyclic) bond motifs is 1. The van der Waals surface area contributed by atoms with E-state index in [1.54, 1.807) is 0 Å². The fourth-order valence-electron chi connectivity index (χ4n) is 3.69. The van der Waals surface area contributed by atoms with E-state index in [1.807, 2.05) is 47.5 Å². The number of likely N-dealkylation sites (N-methyl/N-ethyl adjacent to an activating group) is 1. The van der Waals surface area contributed by atoms with Gasteiger partial charge >= 0.3 is 0 Å². The summed E-state index contributed by atoms with van der Waals surface area (Å²) in [5.74, 6) is 0.484. The van der Waals surface area contributed by atoms with Crippen molar-refractivity contribution in [2.45, 2.75) is 45.2 Å². The fourth-order valence-corrected chi connectivity index (χ4v) is 3.69. The standard InChI is InChI=1S/C19H28N4O/c1-21(2)12-13-22-16-10-6-7-11-17(16)23(19(22)20)14-18(24)15-8-4-3-5-9-15/h6-7,10-11,15,20H,3-5,8-9,12-14H2,1-2H3. The van der Waals surface area contributed by atoms with Gasteiger partial charge in [-0.15, -0.1) is 0 Å². The van der Waals surface area contributed by atoms with E-state index in [1.165, 1.54) is 19.3 Å². The molecule has 1 aliphatic rings. The molecule has 130 valence electrons. The molecule has 2 aromatic rings. The third kappa shape index (κ3) is 3.46. The first-order chi connectivity index (χ1) is 11.6. The lowest BCUT2D eigenvalue weighted by Crippen LogP contribution is -2.32. The van der Waals surface area contributed by atoms with Crippen molar-refractivity contribution in [1.82, 2.24) is 14.0 Å². The number of carbonyl (C=O) groups excluding carboxylic acids is 1. The van der Waals surface area contributed by atoms with E-state index in [9.17, 15) is 4.79 Å². The number of nitrogens with one attached hydrogen (secondary N) is 1. The number of rotatable bonds is 6. The molecule has 1 aromatic carbocycles. The maximum absolute atomic E-state index is 12.7. The third-order valence-electron chi connectivity index (χ3n) is 5.12. The number of nitrogens with zero attached hydrogens (tertiary/aromatic N) is 3. The van der Waals surface area contributed by atoms with Gasteiger partial charge in [0.1, 0.15) is 0 Å². The number of ketones is 1. The molecular weight excluding hydrogens is 300 g/mol. The number of Topliss-reactive ketones (excluding diaryl/α,β-unsaturated/α-hetero) is 1. The molecule has 0 aliphatic heterocycles.